The van der Waals surface area contributed by atoms with Gasteiger partial charge in [0.05, 0.1) is 12.3 Å². The molecule has 0 aliphatic carbocycles. The second-order valence-electron chi connectivity index (χ2n) is 7.84. The van der Waals surface area contributed by atoms with Crippen molar-refractivity contribution in [3.63, 3.8) is 0 Å². The Morgan fingerprint density at radius 2 is 1.97 bits per heavy atom. The Labute approximate surface area is 171 Å². The number of fused-ring (bicyclic) bond motifs is 1. The molecule has 0 saturated carbocycles. The molecular weight excluding hydrogens is 364 g/mol. The SMILES string of the molecule is CCc1cc(C(=O)N2CCCCCC2C)nc2cc(-c3ccc(CO)cc3)nn12. The molecule has 1 aliphatic rings. The van der Waals surface area contributed by atoms with Crippen LogP contribution in [0.15, 0.2) is 36.4 Å². The summed E-state index contributed by atoms with van der Waals surface area (Å²) < 4.78 is 1.83. The molecule has 0 radical (unpaired) electrons. The van der Waals surface area contributed by atoms with Crippen molar-refractivity contribution in [1.29, 1.82) is 0 Å². The Balaban J connectivity index is 1.72. The number of aliphatic hydroxyl groups excluding tert-OH is 1. The molecule has 0 bridgehead atoms. The number of hydrogen-bond acceptors (Lipinski definition) is 4. The van der Waals surface area contributed by atoms with Gasteiger partial charge < -0.3 is 10.0 Å². The van der Waals surface area contributed by atoms with Gasteiger partial charge in [0.1, 0.15) is 5.69 Å². The Morgan fingerprint density at radius 1 is 1.17 bits per heavy atom. The Bertz CT molecular complexity index is 1010. The summed E-state index contributed by atoms with van der Waals surface area (Å²) in [5.74, 6) is 0.0200. The first kappa shape index (κ1) is 19.6. The average Bonchev–Trinajstić information content (AvgIpc) is 3.07. The molecule has 4 rings (SSSR count). The van der Waals surface area contributed by atoms with E-state index in [1.54, 1.807) is 0 Å². The van der Waals surface area contributed by atoms with Crippen LogP contribution in [0.25, 0.3) is 16.9 Å². The van der Waals surface area contributed by atoms with E-state index < -0.39 is 0 Å². The van der Waals surface area contributed by atoms with Gasteiger partial charge in [-0.2, -0.15) is 5.10 Å². The van der Waals surface area contributed by atoms with Gasteiger partial charge in [0, 0.05) is 29.9 Å². The van der Waals surface area contributed by atoms with Crippen molar-refractivity contribution in [1.82, 2.24) is 19.5 Å². The minimum Gasteiger partial charge on any atom is -0.392 e. The molecule has 6 heteroatoms. The van der Waals surface area contributed by atoms with Crippen LogP contribution in [0.1, 0.15) is 61.3 Å². The summed E-state index contributed by atoms with van der Waals surface area (Å²) in [5, 5.41) is 14.0. The highest BCUT2D eigenvalue weighted by Gasteiger charge is 2.25. The van der Waals surface area contributed by atoms with Gasteiger partial charge in [0.15, 0.2) is 5.65 Å². The third-order valence-electron chi connectivity index (χ3n) is 5.83. The first-order chi connectivity index (χ1) is 14.1. The largest absolute Gasteiger partial charge is 0.392 e. The number of likely N-dealkylation sites (tertiary alicyclic amines) is 1. The standard InChI is InChI=1S/C23H28N4O2/c1-3-19-13-21(23(29)26-12-6-4-5-7-16(26)2)24-22-14-20(25-27(19)22)18-10-8-17(15-28)9-11-18/h8-11,13-14,16,28H,3-7,12,15H2,1-2H3. The number of benzene rings is 1. The third-order valence-corrected chi connectivity index (χ3v) is 5.83. The molecule has 2 aromatic heterocycles. The molecule has 3 heterocycles. The number of carbonyl (C=O) groups is 1. The van der Waals surface area contributed by atoms with Gasteiger partial charge >= 0.3 is 0 Å². The van der Waals surface area contributed by atoms with E-state index in [-0.39, 0.29) is 18.6 Å². The highest BCUT2D eigenvalue weighted by Crippen LogP contribution is 2.23. The van der Waals surface area contributed by atoms with Gasteiger partial charge in [-0.3, -0.25) is 4.79 Å². The van der Waals surface area contributed by atoms with Gasteiger partial charge in [-0.25, -0.2) is 9.50 Å². The monoisotopic (exact) mass is 392 g/mol. The third kappa shape index (κ3) is 3.90. The van der Waals surface area contributed by atoms with Crippen molar-refractivity contribution in [2.45, 2.75) is 58.6 Å². The Kier molecular flexibility index (Phi) is 5.62. The predicted molar refractivity (Wildman–Crippen MR) is 113 cm³/mol. The highest BCUT2D eigenvalue weighted by atomic mass is 16.3. The summed E-state index contributed by atoms with van der Waals surface area (Å²) >= 11 is 0. The highest BCUT2D eigenvalue weighted by molar-refractivity contribution is 5.93. The van der Waals surface area contributed by atoms with Crippen LogP contribution in [-0.2, 0) is 13.0 Å². The summed E-state index contributed by atoms with van der Waals surface area (Å²) in [6, 6.07) is 11.7. The molecule has 1 aliphatic heterocycles. The van der Waals surface area contributed by atoms with Crippen LogP contribution in [0, 0.1) is 0 Å². The minimum atomic E-state index is 0.0200. The lowest BCUT2D eigenvalue weighted by atomic mass is 10.1. The first-order valence-corrected chi connectivity index (χ1v) is 10.5. The summed E-state index contributed by atoms with van der Waals surface area (Å²) in [5.41, 5.74) is 4.80. The van der Waals surface area contributed by atoms with Gasteiger partial charge in [-0.15, -0.1) is 0 Å². The van der Waals surface area contributed by atoms with Crippen molar-refractivity contribution in [2.75, 3.05) is 6.54 Å². The number of carbonyl (C=O) groups excluding carboxylic acids is 1. The number of rotatable bonds is 4. The van der Waals surface area contributed by atoms with Crippen LogP contribution >= 0.6 is 0 Å². The van der Waals surface area contributed by atoms with Crippen LogP contribution in [0.4, 0.5) is 0 Å². The second-order valence-corrected chi connectivity index (χ2v) is 7.84. The quantitative estimate of drug-likeness (QED) is 0.732. The molecule has 29 heavy (non-hydrogen) atoms. The second kappa shape index (κ2) is 8.33. The molecule has 6 nitrogen and oxygen atoms in total. The zero-order valence-corrected chi connectivity index (χ0v) is 17.1. The number of hydrogen-bond donors (Lipinski definition) is 1. The summed E-state index contributed by atoms with van der Waals surface area (Å²) in [7, 11) is 0. The molecule has 1 unspecified atom stereocenters. The minimum absolute atomic E-state index is 0.0200. The van der Waals surface area contributed by atoms with Crippen molar-refractivity contribution >= 4 is 11.6 Å². The van der Waals surface area contributed by atoms with E-state index in [9.17, 15) is 9.90 Å². The lowest BCUT2D eigenvalue weighted by Crippen LogP contribution is -2.38. The summed E-state index contributed by atoms with van der Waals surface area (Å²) in [6.07, 6.45) is 5.23. The molecule has 1 atom stereocenters. The normalized spacial score (nSPS) is 17.5. The van der Waals surface area contributed by atoms with Crippen LogP contribution < -0.4 is 0 Å². The van der Waals surface area contributed by atoms with E-state index in [0.29, 0.717) is 11.3 Å². The number of aliphatic hydroxyl groups is 1. The summed E-state index contributed by atoms with van der Waals surface area (Å²) in [4.78, 5) is 19.9. The lowest BCUT2D eigenvalue weighted by molar-refractivity contribution is 0.0692. The van der Waals surface area contributed by atoms with Crippen LogP contribution in [0.5, 0.6) is 0 Å². The Morgan fingerprint density at radius 3 is 2.69 bits per heavy atom. The van der Waals surface area contributed by atoms with E-state index >= 15 is 0 Å². The average molecular weight is 393 g/mol. The van der Waals surface area contributed by atoms with Crippen LogP contribution in [-0.4, -0.2) is 43.1 Å². The van der Waals surface area contributed by atoms with E-state index in [2.05, 4.69) is 18.8 Å². The van der Waals surface area contributed by atoms with Crippen molar-refractivity contribution in [3.8, 4) is 11.3 Å². The van der Waals surface area contributed by atoms with Crippen molar-refractivity contribution in [3.05, 3.63) is 53.3 Å². The van der Waals surface area contributed by atoms with Gasteiger partial charge in [-0.05, 0) is 37.8 Å². The van der Waals surface area contributed by atoms with Gasteiger partial charge in [-0.1, -0.05) is 44.0 Å². The molecular formula is C23H28N4O2. The number of nitrogens with zero attached hydrogens (tertiary/aromatic N) is 4. The lowest BCUT2D eigenvalue weighted by Gasteiger charge is -2.27. The van der Waals surface area contributed by atoms with Gasteiger partial charge in [0.2, 0.25) is 0 Å². The molecule has 1 fully saturated rings. The number of aromatic nitrogens is 3. The van der Waals surface area contributed by atoms with E-state index in [1.165, 1.54) is 12.8 Å². The fraction of sp³-hybridized carbons (Fsp3) is 0.435. The molecule has 1 saturated heterocycles. The maximum absolute atomic E-state index is 13.2. The molecule has 0 spiro atoms. The topological polar surface area (TPSA) is 70.7 Å². The van der Waals surface area contributed by atoms with E-state index in [0.717, 1.165) is 48.3 Å². The predicted octanol–water partition coefficient (Wildman–Crippen LogP) is 3.86. The Hall–Kier alpha value is -2.73. The fourth-order valence-electron chi connectivity index (χ4n) is 4.04. The molecule has 1 N–H and O–H groups in total. The first-order valence-electron chi connectivity index (χ1n) is 10.5. The van der Waals surface area contributed by atoms with Crippen molar-refractivity contribution in [2.24, 2.45) is 0 Å². The molecule has 3 aromatic rings. The number of aryl methyl sites for hydroxylation is 1. The zero-order chi connectivity index (χ0) is 20.4. The maximum atomic E-state index is 13.2. The van der Waals surface area contributed by atoms with E-state index in [4.69, 9.17) is 5.10 Å². The molecule has 152 valence electrons. The fourth-order valence-corrected chi connectivity index (χ4v) is 4.04. The number of amides is 1. The maximum Gasteiger partial charge on any atom is 0.272 e. The van der Waals surface area contributed by atoms with Gasteiger partial charge in [0.25, 0.3) is 5.91 Å². The summed E-state index contributed by atoms with van der Waals surface area (Å²) in [6.45, 7) is 5.02. The smallest absolute Gasteiger partial charge is 0.272 e. The molecule has 1 aromatic carbocycles. The van der Waals surface area contributed by atoms with Crippen LogP contribution in [0.3, 0.4) is 0 Å². The van der Waals surface area contributed by atoms with E-state index in [1.807, 2.05) is 45.8 Å². The zero-order valence-electron chi connectivity index (χ0n) is 17.1. The van der Waals surface area contributed by atoms with Crippen LogP contribution in [0.2, 0.25) is 0 Å². The molecule has 1 amide bonds. The van der Waals surface area contributed by atoms with Crippen molar-refractivity contribution < 1.29 is 9.90 Å².